The number of aromatic amines is 1. The second kappa shape index (κ2) is 9.07. The van der Waals surface area contributed by atoms with E-state index in [4.69, 9.17) is 14.2 Å². The van der Waals surface area contributed by atoms with Crippen LogP contribution in [0, 0.1) is 5.82 Å². The molecule has 2 aromatic carbocycles. The number of aromatic nitrogens is 1. The second-order valence-electron chi connectivity index (χ2n) is 7.87. The third kappa shape index (κ3) is 4.47. The fourth-order valence-corrected chi connectivity index (χ4v) is 4.00. The van der Waals surface area contributed by atoms with Crippen molar-refractivity contribution in [2.75, 3.05) is 39.6 Å². The van der Waals surface area contributed by atoms with E-state index in [9.17, 15) is 9.18 Å². The lowest BCUT2D eigenvalue weighted by atomic mass is 10.2. The number of hydrogen-bond donors (Lipinski definition) is 1. The lowest BCUT2D eigenvalue weighted by Crippen LogP contribution is -2.43. The summed E-state index contributed by atoms with van der Waals surface area (Å²) in [5.74, 6) is 0.609. The minimum atomic E-state index is -0.545. The standard InChI is InChI=1S/C23H24FN5O4/c1-2-31-23(30)22-21(17-12-16(24)4-5-18(17)25-22)26-27-29-9-7-28(8-10-29)13-15-3-6-19-20(11-15)33-14-32-19/h3-6,11-12,25H,2,7-10,13-14H2,1H3. The molecule has 1 saturated heterocycles. The summed E-state index contributed by atoms with van der Waals surface area (Å²) in [6.45, 7) is 6.00. The van der Waals surface area contributed by atoms with E-state index < -0.39 is 11.8 Å². The maximum absolute atomic E-state index is 13.8. The Hall–Kier alpha value is -3.66. The monoisotopic (exact) mass is 453 g/mol. The first kappa shape index (κ1) is 21.2. The van der Waals surface area contributed by atoms with Crippen LogP contribution >= 0.6 is 0 Å². The number of H-pyrrole nitrogens is 1. The van der Waals surface area contributed by atoms with Gasteiger partial charge in [-0.3, -0.25) is 9.91 Å². The van der Waals surface area contributed by atoms with Crippen LogP contribution in [0.15, 0.2) is 46.7 Å². The van der Waals surface area contributed by atoms with E-state index in [1.807, 2.05) is 23.2 Å². The minimum Gasteiger partial charge on any atom is -0.461 e. The van der Waals surface area contributed by atoms with E-state index in [2.05, 4.69) is 20.2 Å². The molecule has 5 rings (SSSR count). The number of rotatable bonds is 6. The fraction of sp³-hybridized carbons (Fsp3) is 0.348. The Bertz CT molecular complexity index is 1200. The first-order chi connectivity index (χ1) is 16.1. The highest BCUT2D eigenvalue weighted by atomic mass is 19.1. The molecule has 10 heteroatoms. The zero-order valence-corrected chi connectivity index (χ0v) is 18.2. The highest BCUT2D eigenvalue weighted by molar-refractivity contribution is 6.04. The number of halogens is 1. The molecule has 0 atom stereocenters. The van der Waals surface area contributed by atoms with E-state index in [0.717, 1.165) is 36.7 Å². The Morgan fingerprint density at radius 2 is 1.94 bits per heavy atom. The third-order valence-electron chi connectivity index (χ3n) is 5.68. The number of carbonyl (C=O) groups is 1. The SMILES string of the molecule is CCOC(=O)c1[nH]c2ccc(F)cc2c1N=NN1CCN(Cc2ccc3c(c2)OCO3)CC1. The molecule has 0 aliphatic carbocycles. The average molecular weight is 453 g/mol. The molecule has 0 unspecified atom stereocenters. The number of ether oxygens (including phenoxy) is 3. The van der Waals surface area contributed by atoms with Crippen molar-refractivity contribution >= 4 is 22.6 Å². The number of hydrogen-bond acceptors (Lipinski definition) is 7. The second-order valence-corrected chi connectivity index (χ2v) is 7.87. The van der Waals surface area contributed by atoms with Crippen molar-refractivity contribution in [1.82, 2.24) is 14.9 Å². The van der Waals surface area contributed by atoms with Gasteiger partial charge in [0.15, 0.2) is 17.2 Å². The number of piperazine rings is 1. The highest BCUT2D eigenvalue weighted by Gasteiger charge is 2.21. The Kier molecular flexibility index (Phi) is 5.82. The van der Waals surface area contributed by atoms with Gasteiger partial charge in [-0.25, -0.2) is 9.18 Å². The van der Waals surface area contributed by atoms with Crippen molar-refractivity contribution < 1.29 is 23.4 Å². The van der Waals surface area contributed by atoms with Gasteiger partial charge in [0.25, 0.3) is 0 Å². The fourth-order valence-electron chi connectivity index (χ4n) is 4.00. The Labute approximate surface area is 189 Å². The van der Waals surface area contributed by atoms with Gasteiger partial charge in [0.1, 0.15) is 11.5 Å². The summed E-state index contributed by atoms with van der Waals surface area (Å²) in [5, 5.41) is 11.0. The molecule has 0 saturated carbocycles. The Morgan fingerprint density at radius 3 is 2.76 bits per heavy atom. The van der Waals surface area contributed by atoms with Crippen molar-refractivity contribution in [3.05, 3.63) is 53.5 Å². The molecule has 0 radical (unpaired) electrons. The molecule has 1 N–H and O–H groups in total. The van der Waals surface area contributed by atoms with Crippen LogP contribution in [-0.2, 0) is 11.3 Å². The minimum absolute atomic E-state index is 0.169. The Balaban J connectivity index is 1.26. The molecule has 0 bridgehead atoms. The van der Waals surface area contributed by atoms with Gasteiger partial charge < -0.3 is 19.2 Å². The molecular weight excluding hydrogens is 429 g/mol. The molecular formula is C23H24FN5O4. The molecule has 0 amide bonds. The van der Waals surface area contributed by atoms with Crippen LogP contribution in [0.5, 0.6) is 11.5 Å². The summed E-state index contributed by atoms with van der Waals surface area (Å²) in [4.78, 5) is 17.7. The molecule has 0 spiro atoms. The Morgan fingerprint density at radius 1 is 1.12 bits per heavy atom. The number of carbonyl (C=O) groups excluding carboxylic acids is 1. The molecule has 3 heterocycles. The number of nitrogens with zero attached hydrogens (tertiary/aromatic N) is 4. The maximum atomic E-state index is 13.8. The van der Waals surface area contributed by atoms with Gasteiger partial charge in [0, 0.05) is 30.5 Å². The smallest absolute Gasteiger partial charge is 0.357 e. The molecule has 1 fully saturated rings. The molecule has 172 valence electrons. The van der Waals surface area contributed by atoms with Gasteiger partial charge in [-0.05, 0) is 42.8 Å². The maximum Gasteiger partial charge on any atom is 0.357 e. The summed E-state index contributed by atoms with van der Waals surface area (Å²) in [6.07, 6.45) is 0. The van der Waals surface area contributed by atoms with Gasteiger partial charge in [0.05, 0.1) is 19.7 Å². The van der Waals surface area contributed by atoms with Crippen molar-refractivity contribution in [3.8, 4) is 11.5 Å². The van der Waals surface area contributed by atoms with Crippen LogP contribution in [0.2, 0.25) is 0 Å². The highest BCUT2D eigenvalue weighted by Crippen LogP contribution is 2.34. The summed E-state index contributed by atoms with van der Waals surface area (Å²) < 4.78 is 29.8. The van der Waals surface area contributed by atoms with Crippen LogP contribution in [0.4, 0.5) is 10.1 Å². The number of fused-ring (bicyclic) bond motifs is 2. The summed E-state index contributed by atoms with van der Waals surface area (Å²) in [7, 11) is 0. The normalized spacial score (nSPS) is 16.1. The van der Waals surface area contributed by atoms with Crippen molar-refractivity contribution in [2.24, 2.45) is 10.3 Å². The topological polar surface area (TPSA) is 91.8 Å². The molecule has 33 heavy (non-hydrogen) atoms. The first-order valence-corrected chi connectivity index (χ1v) is 10.9. The van der Waals surface area contributed by atoms with Crippen LogP contribution in [-0.4, -0.2) is 60.4 Å². The summed E-state index contributed by atoms with van der Waals surface area (Å²) >= 11 is 0. The van der Waals surface area contributed by atoms with Crippen molar-refractivity contribution in [3.63, 3.8) is 0 Å². The van der Waals surface area contributed by atoms with E-state index >= 15 is 0 Å². The summed E-state index contributed by atoms with van der Waals surface area (Å²) in [5.41, 5.74) is 2.21. The van der Waals surface area contributed by atoms with E-state index in [0.29, 0.717) is 24.0 Å². The van der Waals surface area contributed by atoms with E-state index in [-0.39, 0.29) is 24.8 Å². The third-order valence-corrected chi connectivity index (χ3v) is 5.68. The van der Waals surface area contributed by atoms with Gasteiger partial charge >= 0.3 is 5.97 Å². The zero-order chi connectivity index (χ0) is 22.8. The number of esters is 1. The lowest BCUT2D eigenvalue weighted by Gasteiger charge is -2.32. The molecule has 1 aromatic heterocycles. The number of nitrogens with one attached hydrogen (secondary N) is 1. The molecule has 3 aromatic rings. The van der Waals surface area contributed by atoms with Crippen LogP contribution in [0.25, 0.3) is 10.9 Å². The number of benzene rings is 2. The van der Waals surface area contributed by atoms with Crippen molar-refractivity contribution in [1.29, 1.82) is 0 Å². The van der Waals surface area contributed by atoms with Gasteiger partial charge in [-0.2, -0.15) is 0 Å². The zero-order valence-electron chi connectivity index (χ0n) is 18.2. The average Bonchev–Trinajstić information content (AvgIpc) is 3.43. The van der Waals surface area contributed by atoms with E-state index in [1.54, 1.807) is 13.0 Å². The predicted octanol–water partition coefficient (Wildman–Crippen LogP) is 4.03. The largest absolute Gasteiger partial charge is 0.461 e. The van der Waals surface area contributed by atoms with Gasteiger partial charge in [-0.15, -0.1) is 5.11 Å². The van der Waals surface area contributed by atoms with Crippen LogP contribution in [0.3, 0.4) is 0 Å². The predicted molar refractivity (Wildman–Crippen MR) is 118 cm³/mol. The van der Waals surface area contributed by atoms with Crippen LogP contribution < -0.4 is 9.47 Å². The molecule has 9 nitrogen and oxygen atoms in total. The first-order valence-electron chi connectivity index (χ1n) is 10.9. The van der Waals surface area contributed by atoms with E-state index in [1.165, 1.54) is 12.1 Å². The van der Waals surface area contributed by atoms with Gasteiger partial charge in [-0.1, -0.05) is 11.3 Å². The summed E-state index contributed by atoms with van der Waals surface area (Å²) in [6, 6.07) is 10.2. The lowest BCUT2D eigenvalue weighted by molar-refractivity contribution is 0.0521. The molecule has 2 aliphatic heterocycles. The van der Waals surface area contributed by atoms with Crippen molar-refractivity contribution in [2.45, 2.75) is 13.5 Å². The van der Waals surface area contributed by atoms with Gasteiger partial charge in [0.2, 0.25) is 6.79 Å². The quantitative estimate of drug-likeness (QED) is 0.448. The van der Waals surface area contributed by atoms with Crippen LogP contribution in [0.1, 0.15) is 23.0 Å². The molecule has 2 aliphatic rings.